The molecule has 11 nitrogen and oxygen atoms in total. The maximum Gasteiger partial charge on any atom is 0.252 e. The molecule has 0 bridgehead atoms. The highest BCUT2D eigenvalue weighted by molar-refractivity contribution is 5.91. The number of aryl methyl sites for hydroxylation is 1. The fourth-order valence-electron chi connectivity index (χ4n) is 3.22. The molecule has 1 amide bonds. The van der Waals surface area contributed by atoms with Gasteiger partial charge in [0.2, 0.25) is 11.9 Å². The number of rotatable bonds is 4. The summed E-state index contributed by atoms with van der Waals surface area (Å²) in [6.45, 7) is 3.00. The zero-order chi connectivity index (χ0) is 19.5. The molecule has 28 heavy (non-hydrogen) atoms. The number of nitrogens with zero attached hydrogens (tertiary/aromatic N) is 7. The number of anilines is 2. The molecule has 144 valence electrons. The average Bonchev–Trinajstić information content (AvgIpc) is 3.22. The Hall–Kier alpha value is -3.63. The van der Waals surface area contributed by atoms with Gasteiger partial charge in [0.15, 0.2) is 5.82 Å². The molecule has 3 aromatic heterocycles. The van der Waals surface area contributed by atoms with Crippen molar-refractivity contribution in [3.63, 3.8) is 0 Å². The highest BCUT2D eigenvalue weighted by Crippen LogP contribution is 2.23. The molecular formula is C17H19N9O2. The van der Waals surface area contributed by atoms with E-state index in [9.17, 15) is 9.59 Å². The van der Waals surface area contributed by atoms with Gasteiger partial charge in [-0.05, 0) is 19.8 Å². The molecule has 1 aliphatic rings. The standard InChI is InChI=1S/C17H19N9O2/c1-11-5-15(27)23-17(22-11)24-16(28)12-3-2-4-25(7-12)13-6-14(20-9-19-13)26-10-18-8-21-26/h5-6,8-10,12H,2-4,7H2,1H3,(H2,22,23,24,27,28). The van der Waals surface area contributed by atoms with E-state index < -0.39 is 0 Å². The Labute approximate surface area is 159 Å². The number of aromatic amines is 1. The van der Waals surface area contributed by atoms with E-state index in [0.717, 1.165) is 25.2 Å². The first-order valence-electron chi connectivity index (χ1n) is 8.89. The van der Waals surface area contributed by atoms with Gasteiger partial charge in [-0.1, -0.05) is 0 Å². The zero-order valence-corrected chi connectivity index (χ0v) is 15.2. The van der Waals surface area contributed by atoms with Gasteiger partial charge < -0.3 is 4.90 Å². The molecule has 0 aliphatic carbocycles. The van der Waals surface area contributed by atoms with E-state index >= 15 is 0 Å². The van der Waals surface area contributed by atoms with Crippen LogP contribution in [0.15, 0.2) is 35.9 Å². The predicted molar refractivity (Wildman–Crippen MR) is 100 cm³/mol. The van der Waals surface area contributed by atoms with Crippen LogP contribution in [0.3, 0.4) is 0 Å². The summed E-state index contributed by atoms with van der Waals surface area (Å²) in [7, 11) is 0. The first-order chi connectivity index (χ1) is 13.6. The Morgan fingerprint density at radius 3 is 2.89 bits per heavy atom. The maximum absolute atomic E-state index is 12.7. The van der Waals surface area contributed by atoms with Crippen molar-refractivity contribution in [2.75, 3.05) is 23.3 Å². The van der Waals surface area contributed by atoms with Crippen LogP contribution in [0.2, 0.25) is 0 Å². The molecule has 4 rings (SSSR count). The molecule has 4 heterocycles. The summed E-state index contributed by atoms with van der Waals surface area (Å²) in [6, 6.07) is 3.19. The van der Waals surface area contributed by atoms with Crippen LogP contribution < -0.4 is 15.8 Å². The van der Waals surface area contributed by atoms with E-state index in [1.54, 1.807) is 17.9 Å². The molecule has 1 aliphatic heterocycles. The second-order valence-electron chi connectivity index (χ2n) is 6.58. The third kappa shape index (κ3) is 3.87. The van der Waals surface area contributed by atoms with Gasteiger partial charge in [-0.2, -0.15) is 5.10 Å². The van der Waals surface area contributed by atoms with E-state index in [2.05, 4.69) is 35.3 Å². The summed E-state index contributed by atoms with van der Waals surface area (Å²) in [5.41, 5.74) is 0.251. The van der Waals surface area contributed by atoms with Gasteiger partial charge in [0.05, 0.1) is 5.92 Å². The van der Waals surface area contributed by atoms with Crippen molar-refractivity contribution in [3.05, 3.63) is 47.2 Å². The lowest BCUT2D eigenvalue weighted by atomic mass is 9.97. The second-order valence-corrected chi connectivity index (χ2v) is 6.58. The van der Waals surface area contributed by atoms with Crippen molar-refractivity contribution in [2.45, 2.75) is 19.8 Å². The minimum absolute atomic E-state index is 0.169. The highest BCUT2D eigenvalue weighted by Gasteiger charge is 2.27. The number of carbonyl (C=O) groups is 1. The number of nitrogens with one attached hydrogen (secondary N) is 2. The molecule has 2 N–H and O–H groups in total. The lowest BCUT2D eigenvalue weighted by Crippen LogP contribution is -2.41. The summed E-state index contributed by atoms with van der Waals surface area (Å²) in [5, 5.41) is 6.79. The van der Waals surface area contributed by atoms with E-state index in [1.165, 1.54) is 18.7 Å². The van der Waals surface area contributed by atoms with Crippen molar-refractivity contribution in [2.24, 2.45) is 5.92 Å². The molecule has 1 atom stereocenters. The van der Waals surface area contributed by atoms with Gasteiger partial charge in [-0.15, -0.1) is 0 Å². The Balaban J connectivity index is 1.48. The monoisotopic (exact) mass is 381 g/mol. The quantitative estimate of drug-likeness (QED) is 0.659. The fraction of sp³-hybridized carbons (Fsp3) is 0.353. The van der Waals surface area contributed by atoms with Crippen molar-refractivity contribution < 1.29 is 4.79 Å². The third-order valence-electron chi connectivity index (χ3n) is 4.52. The van der Waals surface area contributed by atoms with Crippen LogP contribution in [0, 0.1) is 12.8 Å². The molecule has 0 saturated carbocycles. The van der Waals surface area contributed by atoms with Crippen LogP contribution in [0.4, 0.5) is 11.8 Å². The predicted octanol–water partition coefficient (Wildman–Crippen LogP) is 0.304. The molecule has 0 radical (unpaired) electrons. The summed E-state index contributed by atoms with van der Waals surface area (Å²) in [4.78, 5) is 45.4. The van der Waals surface area contributed by atoms with E-state index in [4.69, 9.17) is 0 Å². The SMILES string of the molecule is Cc1cc(=O)[nH]c(NC(=O)C2CCCN(c3cc(-n4cncn4)ncn3)C2)n1. The summed E-state index contributed by atoms with van der Waals surface area (Å²) in [5.74, 6) is 1.08. The Morgan fingerprint density at radius 2 is 2.11 bits per heavy atom. The second kappa shape index (κ2) is 7.55. The largest absolute Gasteiger partial charge is 0.356 e. The Bertz CT molecular complexity index is 1030. The van der Waals surface area contributed by atoms with Crippen molar-refractivity contribution >= 4 is 17.7 Å². The van der Waals surface area contributed by atoms with Gasteiger partial charge in [0.1, 0.15) is 24.8 Å². The van der Waals surface area contributed by atoms with E-state index in [-0.39, 0.29) is 23.3 Å². The van der Waals surface area contributed by atoms with Gasteiger partial charge in [0.25, 0.3) is 5.56 Å². The molecule has 0 spiro atoms. The topological polar surface area (TPSA) is 135 Å². The summed E-state index contributed by atoms with van der Waals surface area (Å²) >= 11 is 0. The minimum atomic E-state index is -0.297. The highest BCUT2D eigenvalue weighted by atomic mass is 16.2. The number of piperidine rings is 1. The van der Waals surface area contributed by atoms with Crippen molar-refractivity contribution in [3.8, 4) is 5.82 Å². The van der Waals surface area contributed by atoms with Crippen molar-refractivity contribution in [1.82, 2.24) is 34.7 Å². The number of carbonyl (C=O) groups excluding carboxylic acids is 1. The van der Waals surface area contributed by atoms with Crippen LogP contribution >= 0.6 is 0 Å². The van der Waals surface area contributed by atoms with Gasteiger partial charge in [0, 0.05) is 30.9 Å². The zero-order valence-electron chi connectivity index (χ0n) is 15.2. The molecule has 1 fully saturated rings. The number of aromatic nitrogens is 7. The number of amides is 1. The van der Waals surface area contributed by atoms with E-state index in [0.29, 0.717) is 18.1 Å². The lowest BCUT2D eigenvalue weighted by Gasteiger charge is -2.32. The van der Waals surface area contributed by atoms with Gasteiger partial charge in [-0.3, -0.25) is 19.9 Å². The van der Waals surface area contributed by atoms with Gasteiger partial charge >= 0.3 is 0 Å². The fourth-order valence-corrected chi connectivity index (χ4v) is 3.22. The third-order valence-corrected chi connectivity index (χ3v) is 4.52. The van der Waals surface area contributed by atoms with Crippen LogP contribution in [-0.4, -0.2) is 53.7 Å². The number of hydrogen-bond donors (Lipinski definition) is 2. The summed E-state index contributed by atoms with van der Waals surface area (Å²) in [6.07, 6.45) is 6.07. The normalized spacial score (nSPS) is 16.8. The molecular weight excluding hydrogens is 362 g/mol. The molecule has 1 unspecified atom stereocenters. The molecule has 1 saturated heterocycles. The smallest absolute Gasteiger partial charge is 0.252 e. The Kier molecular flexibility index (Phi) is 4.79. The first kappa shape index (κ1) is 17.8. The van der Waals surface area contributed by atoms with E-state index in [1.807, 2.05) is 11.0 Å². The van der Waals surface area contributed by atoms with Crippen LogP contribution in [0.1, 0.15) is 18.5 Å². The Morgan fingerprint density at radius 1 is 1.25 bits per heavy atom. The minimum Gasteiger partial charge on any atom is -0.356 e. The van der Waals surface area contributed by atoms with Crippen LogP contribution in [-0.2, 0) is 4.79 Å². The molecule has 0 aromatic carbocycles. The average molecular weight is 381 g/mol. The molecule has 11 heteroatoms. The lowest BCUT2D eigenvalue weighted by molar-refractivity contribution is -0.120. The first-order valence-corrected chi connectivity index (χ1v) is 8.89. The summed E-state index contributed by atoms with van der Waals surface area (Å²) < 4.78 is 1.55. The number of H-pyrrole nitrogens is 1. The van der Waals surface area contributed by atoms with Crippen LogP contribution in [0.5, 0.6) is 0 Å². The maximum atomic E-state index is 12.7. The van der Waals surface area contributed by atoms with Crippen molar-refractivity contribution in [1.29, 1.82) is 0 Å². The number of hydrogen-bond acceptors (Lipinski definition) is 8. The van der Waals surface area contributed by atoms with Gasteiger partial charge in [-0.25, -0.2) is 24.6 Å². The molecule has 3 aromatic rings. The van der Waals surface area contributed by atoms with Crippen LogP contribution in [0.25, 0.3) is 5.82 Å².